The van der Waals surface area contributed by atoms with Gasteiger partial charge < -0.3 is 4.90 Å². The van der Waals surface area contributed by atoms with Crippen molar-refractivity contribution in [1.82, 2.24) is 9.80 Å². The first-order valence-electron chi connectivity index (χ1n) is 8.77. The van der Waals surface area contributed by atoms with Crippen molar-refractivity contribution < 1.29 is 14.4 Å². The highest BCUT2D eigenvalue weighted by Gasteiger charge is 2.39. The summed E-state index contributed by atoms with van der Waals surface area (Å²) in [6.45, 7) is 1.02. The standard InChI is InChI=1S/C19H18Cl2N2O3/c20-15-7-13-14(8-16(15)21)19(26)23(18(13)25)10-17(24)22-6-5-11-3-1-2-4-12(11)9-22/h4,7-8,11H,1-3,5-6,9-10H2. The number of benzene rings is 1. The van der Waals surface area contributed by atoms with Crippen LogP contribution in [0.15, 0.2) is 23.8 Å². The molecule has 1 aromatic rings. The minimum atomic E-state index is -0.497. The van der Waals surface area contributed by atoms with E-state index in [0.29, 0.717) is 19.0 Å². The van der Waals surface area contributed by atoms with Crippen molar-refractivity contribution >= 4 is 40.9 Å². The maximum absolute atomic E-state index is 12.7. The van der Waals surface area contributed by atoms with Gasteiger partial charge in [0.2, 0.25) is 5.91 Å². The predicted molar refractivity (Wildman–Crippen MR) is 98.5 cm³/mol. The van der Waals surface area contributed by atoms with Crippen LogP contribution >= 0.6 is 23.2 Å². The number of nitrogens with zero attached hydrogens (tertiary/aromatic N) is 2. The van der Waals surface area contributed by atoms with Gasteiger partial charge in [0, 0.05) is 13.1 Å². The minimum absolute atomic E-state index is 0.200. The summed E-state index contributed by atoms with van der Waals surface area (Å²) >= 11 is 11.9. The summed E-state index contributed by atoms with van der Waals surface area (Å²) in [4.78, 5) is 40.5. The Hall–Kier alpha value is -1.85. The van der Waals surface area contributed by atoms with Gasteiger partial charge >= 0.3 is 0 Å². The minimum Gasteiger partial charge on any atom is -0.337 e. The normalized spacial score (nSPS) is 22.2. The molecule has 26 heavy (non-hydrogen) atoms. The van der Waals surface area contributed by atoms with Crippen LogP contribution in [0.5, 0.6) is 0 Å². The lowest BCUT2D eigenvalue weighted by molar-refractivity contribution is -0.132. The lowest BCUT2D eigenvalue weighted by atomic mass is 9.82. The molecule has 136 valence electrons. The molecule has 0 N–H and O–H groups in total. The Labute approximate surface area is 161 Å². The molecule has 0 bridgehead atoms. The van der Waals surface area contributed by atoms with Gasteiger partial charge in [-0.1, -0.05) is 34.9 Å². The van der Waals surface area contributed by atoms with E-state index in [1.807, 2.05) is 0 Å². The fraction of sp³-hybridized carbons (Fsp3) is 0.421. The average molecular weight is 393 g/mol. The number of rotatable bonds is 2. The Morgan fingerprint density at radius 2 is 1.73 bits per heavy atom. The molecule has 7 heteroatoms. The van der Waals surface area contributed by atoms with Crippen molar-refractivity contribution in [3.05, 3.63) is 45.0 Å². The Balaban J connectivity index is 1.49. The Kier molecular flexibility index (Phi) is 4.53. The van der Waals surface area contributed by atoms with Crippen molar-refractivity contribution in [2.45, 2.75) is 25.7 Å². The first kappa shape index (κ1) is 17.6. The second kappa shape index (κ2) is 6.71. The maximum atomic E-state index is 12.7. The summed E-state index contributed by atoms with van der Waals surface area (Å²) in [5.41, 5.74) is 1.72. The fourth-order valence-electron chi connectivity index (χ4n) is 4.01. The van der Waals surface area contributed by atoms with Crippen LogP contribution < -0.4 is 0 Å². The van der Waals surface area contributed by atoms with E-state index in [-0.39, 0.29) is 33.6 Å². The third-order valence-electron chi connectivity index (χ3n) is 5.47. The molecule has 1 atom stereocenters. The molecule has 0 spiro atoms. The number of carbonyl (C=O) groups excluding carboxylic acids is 3. The van der Waals surface area contributed by atoms with Crippen LogP contribution in [-0.2, 0) is 4.79 Å². The molecule has 2 aliphatic heterocycles. The third kappa shape index (κ3) is 2.93. The topological polar surface area (TPSA) is 57.7 Å². The van der Waals surface area contributed by atoms with Crippen molar-refractivity contribution in [2.75, 3.05) is 19.6 Å². The SMILES string of the molecule is O=C(CN1C(=O)c2cc(Cl)c(Cl)cc2C1=O)N1CCC2CCCC=C2C1. The quantitative estimate of drug-likeness (QED) is 0.571. The summed E-state index contributed by atoms with van der Waals surface area (Å²) in [6.07, 6.45) is 6.65. The van der Waals surface area contributed by atoms with Crippen LogP contribution in [0.2, 0.25) is 10.0 Å². The maximum Gasteiger partial charge on any atom is 0.262 e. The van der Waals surface area contributed by atoms with Crippen LogP contribution in [0.25, 0.3) is 0 Å². The Morgan fingerprint density at radius 1 is 1.08 bits per heavy atom. The molecule has 0 aromatic heterocycles. The van der Waals surface area contributed by atoms with E-state index in [2.05, 4.69) is 6.08 Å². The molecule has 1 saturated heterocycles. The van der Waals surface area contributed by atoms with E-state index in [1.165, 1.54) is 30.5 Å². The van der Waals surface area contributed by atoms with E-state index in [4.69, 9.17) is 23.2 Å². The van der Waals surface area contributed by atoms with Crippen LogP contribution in [0.4, 0.5) is 0 Å². The molecule has 0 radical (unpaired) electrons. The fourth-order valence-corrected chi connectivity index (χ4v) is 4.34. The highest BCUT2D eigenvalue weighted by Crippen LogP contribution is 2.33. The van der Waals surface area contributed by atoms with Gasteiger partial charge in [-0.05, 0) is 43.7 Å². The zero-order valence-corrected chi connectivity index (χ0v) is 15.6. The number of fused-ring (bicyclic) bond motifs is 2. The summed E-state index contributed by atoms with van der Waals surface area (Å²) < 4.78 is 0. The molecular weight excluding hydrogens is 375 g/mol. The van der Waals surface area contributed by atoms with Crippen molar-refractivity contribution in [3.63, 3.8) is 0 Å². The number of allylic oxidation sites excluding steroid dienone is 1. The third-order valence-corrected chi connectivity index (χ3v) is 6.19. The molecule has 3 amide bonds. The molecular formula is C19H18Cl2N2O3. The van der Waals surface area contributed by atoms with Gasteiger partial charge in [0.1, 0.15) is 6.54 Å². The summed E-state index contributed by atoms with van der Waals surface area (Å²) in [5, 5.41) is 0.428. The van der Waals surface area contributed by atoms with Crippen molar-refractivity contribution in [1.29, 1.82) is 0 Å². The van der Waals surface area contributed by atoms with E-state index < -0.39 is 11.8 Å². The zero-order valence-electron chi connectivity index (χ0n) is 14.1. The van der Waals surface area contributed by atoms with E-state index in [1.54, 1.807) is 4.90 Å². The van der Waals surface area contributed by atoms with E-state index >= 15 is 0 Å². The average Bonchev–Trinajstić information content (AvgIpc) is 2.86. The van der Waals surface area contributed by atoms with Crippen LogP contribution in [0.3, 0.4) is 0 Å². The van der Waals surface area contributed by atoms with Crippen molar-refractivity contribution in [3.8, 4) is 0 Å². The second-order valence-corrected chi connectivity index (χ2v) is 7.83. The number of halogens is 2. The lowest BCUT2D eigenvalue weighted by Crippen LogP contribution is -2.46. The number of imide groups is 1. The molecule has 2 heterocycles. The second-order valence-electron chi connectivity index (χ2n) is 7.02. The molecule has 5 nitrogen and oxygen atoms in total. The molecule has 1 aliphatic carbocycles. The first-order valence-corrected chi connectivity index (χ1v) is 9.53. The monoisotopic (exact) mass is 392 g/mol. The summed E-state index contributed by atoms with van der Waals surface area (Å²) in [7, 11) is 0. The van der Waals surface area contributed by atoms with Crippen LogP contribution in [0, 0.1) is 5.92 Å². The molecule has 1 unspecified atom stereocenters. The van der Waals surface area contributed by atoms with Gasteiger partial charge in [0.15, 0.2) is 0 Å². The molecule has 1 aromatic carbocycles. The summed E-state index contributed by atoms with van der Waals surface area (Å²) in [6, 6.07) is 2.78. The Bertz CT molecular complexity index is 808. The van der Waals surface area contributed by atoms with Crippen LogP contribution in [0.1, 0.15) is 46.4 Å². The van der Waals surface area contributed by atoms with Gasteiger partial charge in [0.25, 0.3) is 11.8 Å². The molecule has 1 fully saturated rings. The number of hydrogen-bond acceptors (Lipinski definition) is 3. The molecule has 4 rings (SSSR count). The van der Waals surface area contributed by atoms with E-state index in [9.17, 15) is 14.4 Å². The lowest BCUT2D eigenvalue weighted by Gasteiger charge is -2.36. The Morgan fingerprint density at radius 3 is 2.38 bits per heavy atom. The number of amides is 3. The van der Waals surface area contributed by atoms with Gasteiger partial charge in [-0.3, -0.25) is 19.3 Å². The molecule has 3 aliphatic rings. The number of likely N-dealkylation sites (tertiary alicyclic amines) is 1. The van der Waals surface area contributed by atoms with Gasteiger partial charge in [-0.15, -0.1) is 0 Å². The molecule has 0 saturated carbocycles. The first-order chi connectivity index (χ1) is 12.5. The van der Waals surface area contributed by atoms with Gasteiger partial charge in [-0.2, -0.15) is 0 Å². The van der Waals surface area contributed by atoms with Gasteiger partial charge in [0.05, 0.1) is 21.2 Å². The smallest absolute Gasteiger partial charge is 0.262 e. The number of piperidine rings is 1. The van der Waals surface area contributed by atoms with E-state index in [0.717, 1.165) is 17.7 Å². The number of hydrogen-bond donors (Lipinski definition) is 0. The number of carbonyl (C=O) groups is 3. The zero-order chi connectivity index (χ0) is 18.4. The van der Waals surface area contributed by atoms with Crippen LogP contribution in [-0.4, -0.2) is 47.2 Å². The highest BCUT2D eigenvalue weighted by molar-refractivity contribution is 6.43. The predicted octanol–water partition coefficient (Wildman–Crippen LogP) is 3.55. The summed E-state index contributed by atoms with van der Waals surface area (Å²) in [5.74, 6) is -0.620. The van der Waals surface area contributed by atoms with Gasteiger partial charge in [-0.25, -0.2) is 0 Å². The highest BCUT2D eigenvalue weighted by atomic mass is 35.5. The largest absolute Gasteiger partial charge is 0.337 e. The van der Waals surface area contributed by atoms with Crippen molar-refractivity contribution in [2.24, 2.45) is 5.92 Å².